The first-order chi connectivity index (χ1) is 6.24. The van der Waals surface area contributed by atoms with Crippen molar-refractivity contribution in [2.45, 2.75) is 45.2 Å². The molecule has 2 aliphatic rings. The Kier molecular flexibility index (Phi) is 2.89. The van der Waals surface area contributed by atoms with E-state index in [9.17, 15) is 0 Å². The summed E-state index contributed by atoms with van der Waals surface area (Å²) < 4.78 is 0. The summed E-state index contributed by atoms with van der Waals surface area (Å²) in [6, 6.07) is 1.56. The van der Waals surface area contributed by atoms with Crippen molar-refractivity contribution in [3.63, 3.8) is 0 Å². The maximum absolute atomic E-state index is 3.75. The predicted molar refractivity (Wildman–Crippen MR) is 55.8 cm³/mol. The van der Waals surface area contributed by atoms with Crippen molar-refractivity contribution in [2.24, 2.45) is 11.8 Å². The van der Waals surface area contributed by atoms with Gasteiger partial charge in [-0.1, -0.05) is 13.8 Å². The molecule has 13 heavy (non-hydrogen) atoms. The van der Waals surface area contributed by atoms with E-state index in [1.54, 1.807) is 0 Å². The van der Waals surface area contributed by atoms with Crippen molar-refractivity contribution in [3.8, 4) is 0 Å². The van der Waals surface area contributed by atoms with Crippen LogP contribution in [-0.4, -0.2) is 25.2 Å². The normalized spacial score (nSPS) is 41.5. The zero-order valence-electron chi connectivity index (χ0n) is 8.84. The summed E-state index contributed by atoms with van der Waals surface area (Å²) in [6.07, 6.45) is 4.21. The number of hydrogen-bond acceptors (Lipinski definition) is 2. The van der Waals surface area contributed by atoms with E-state index in [1.165, 1.54) is 32.4 Å². The van der Waals surface area contributed by atoms with Crippen LogP contribution in [0.5, 0.6) is 0 Å². The van der Waals surface area contributed by atoms with Crippen molar-refractivity contribution in [3.05, 3.63) is 0 Å². The monoisotopic (exact) mass is 182 g/mol. The third-order valence-corrected chi connectivity index (χ3v) is 3.43. The standard InChI is InChI=1S/C11H22N2/c1-8-3-9(2)5-10(4-8)13-11-6-12-7-11/h8-13H,3-7H2,1-2H3. The Morgan fingerprint density at radius 2 is 1.54 bits per heavy atom. The summed E-state index contributed by atoms with van der Waals surface area (Å²) in [6.45, 7) is 7.14. The van der Waals surface area contributed by atoms with Crippen LogP contribution in [-0.2, 0) is 0 Å². The molecule has 0 bridgehead atoms. The Hall–Kier alpha value is -0.0800. The molecule has 2 N–H and O–H groups in total. The van der Waals surface area contributed by atoms with Crippen LogP contribution in [0.4, 0.5) is 0 Å². The highest BCUT2D eigenvalue weighted by Crippen LogP contribution is 2.28. The SMILES string of the molecule is CC1CC(C)CC(NC2CNC2)C1. The summed E-state index contributed by atoms with van der Waals surface area (Å²) >= 11 is 0. The van der Waals surface area contributed by atoms with Gasteiger partial charge in [0.05, 0.1) is 0 Å². The fraction of sp³-hybridized carbons (Fsp3) is 1.00. The fourth-order valence-corrected chi connectivity index (χ4v) is 2.82. The molecule has 1 saturated carbocycles. The summed E-state index contributed by atoms with van der Waals surface area (Å²) in [7, 11) is 0. The van der Waals surface area contributed by atoms with Crippen LogP contribution >= 0.6 is 0 Å². The molecule has 1 heterocycles. The van der Waals surface area contributed by atoms with Crippen molar-refractivity contribution < 1.29 is 0 Å². The highest BCUT2D eigenvalue weighted by atomic mass is 15.1. The molecule has 2 rings (SSSR count). The van der Waals surface area contributed by atoms with Crippen molar-refractivity contribution >= 4 is 0 Å². The zero-order valence-corrected chi connectivity index (χ0v) is 8.84. The van der Waals surface area contributed by atoms with Crippen LogP contribution in [0, 0.1) is 11.8 Å². The van der Waals surface area contributed by atoms with E-state index >= 15 is 0 Å². The van der Waals surface area contributed by atoms with Crippen LogP contribution in [0.3, 0.4) is 0 Å². The third-order valence-electron chi connectivity index (χ3n) is 3.43. The second-order valence-corrected chi connectivity index (χ2v) is 5.14. The zero-order chi connectivity index (χ0) is 9.26. The van der Waals surface area contributed by atoms with Crippen LogP contribution < -0.4 is 10.6 Å². The van der Waals surface area contributed by atoms with Crippen molar-refractivity contribution in [2.75, 3.05) is 13.1 Å². The molecule has 0 spiro atoms. The number of hydrogen-bond donors (Lipinski definition) is 2. The van der Waals surface area contributed by atoms with Gasteiger partial charge < -0.3 is 10.6 Å². The fourth-order valence-electron chi connectivity index (χ4n) is 2.82. The van der Waals surface area contributed by atoms with E-state index in [2.05, 4.69) is 24.5 Å². The second kappa shape index (κ2) is 3.97. The molecule has 2 heteroatoms. The van der Waals surface area contributed by atoms with Crippen LogP contribution in [0.15, 0.2) is 0 Å². The first-order valence-electron chi connectivity index (χ1n) is 5.71. The average molecular weight is 182 g/mol. The molecule has 76 valence electrons. The summed E-state index contributed by atoms with van der Waals surface area (Å²) in [5.74, 6) is 1.85. The minimum absolute atomic E-state index is 0.766. The van der Waals surface area contributed by atoms with Gasteiger partial charge in [0.2, 0.25) is 0 Å². The van der Waals surface area contributed by atoms with Gasteiger partial charge in [-0.05, 0) is 31.1 Å². The van der Waals surface area contributed by atoms with E-state index in [0.29, 0.717) is 0 Å². The lowest BCUT2D eigenvalue weighted by atomic mass is 9.80. The maximum Gasteiger partial charge on any atom is 0.0319 e. The van der Waals surface area contributed by atoms with Gasteiger partial charge in [0.1, 0.15) is 0 Å². The quantitative estimate of drug-likeness (QED) is 0.674. The Balaban J connectivity index is 1.77. The lowest BCUT2D eigenvalue weighted by Crippen LogP contribution is -2.58. The molecular weight excluding hydrogens is 160 g/mol. The molecule has 2 nitrogen and oxygen atoms in total. The summed E-state index contributed by atoms with van der Waals surface area (Å²) in [5, 5.41) is 7.06. The molecule has 2 fully saturated rings. The molecule has 1 aliphatic carbocycles. The molecular formula is C11H22N2. The lowest BCUT2D eigenvalue weighted by Gasteiger charge is -2.38. The van der Waals surface area contributed by atoms with Gasteiger partial charge in [0.25, 0.3) is 0 Å². The molecule has 0 amide bonds. The molecule has 0 aromatic carbocycles. The molecule has 0 aromatic rings. The molecule has 2 unspecified atom stereocenters. The van der Waals surface area contributed by atoms with Crippen molar-refractivity contribution in [1.82, 2.24) is 10.6 Å². The third kappa shape index (κ3) is 2.44. The van der Waals surface area contributed by atoms with Gasteiger partial charge >= 0.3 is 0 Å². The van der Waals surface area contributed by atoms with Gasteiger partial charge in [-0.25, -0.2) is 0 Å². The highest BCUT2D eigenvalue weighted by Gasteiger charge is 2.27. The minimum atomic E-state index is 0.766. The second-order valence-electron chi connectivity index (χ2n) is 5.14. The molecule has 0 radical (unpaired) electrons. The lowest BCUT2D eigenvalue weighted by molar-refractivity contribution is 0.208. The Morgan fingerprint density at radius 1 is 0.923 bits per heavy atom. The summed E-state index contributed by atoms with van der Waals surface area (Å²) in [4.78, 5) is 0. The average Bonchev–Trinajstić information content (AvgIpc) is 1.95. The van der Waals surface area contributed by atoms with Crippen LogP contribution in [0.1, 0.15) is 33.1 Å². The Labute approximate surface area is 81.5 Å². The van der Waals surface area contributed by atoms with Crippen molar-refractivity contribution in [1.29, 1.82) is 0 Å². The minimum Gasteiger partial charge on any atom is -0.314 e. The van der Waals surface area contributed by atoms with E-state index in [-0.39, 0.29) is 0 Å². The van der Waals surface area contributed by atoms with Gasteiger partial charge in [0.15, 0.2) is 0 Å². The topological polar surface area (TPSA) is 24.1 Å². The van der Waals surface area contributed by atoms with Crippen LogP contribution in [0.2, 0.25) is 0 Å². The first-order valence-corrected chi connectivity index (χ1v) is 5.71. The van der Waals surface area contributed by atoms with E-state index in [0.717, 1.165) is 23.9 Å². The highest BCUT2D eigenvalue weighted by molar-refractivity contribution is 4.88. The molecule has 1 saturated heterocycles. The molecule has 1 aliphatic heterocycles. The molecule has 0 aromatic heterocycles. The molecule has 2 atom stereocenters. The number of rotatable bonds is 2. The van der Waals surface area contributed by atoms with Gasteiger partial charge in [-0.15, -0.1) is 0 Å². The van der Waals surface area contributed by atoms with Gasteiger partial charge in [-0.2, -0.15) is 0 Å². The maximum atomic E-state index is 3.75. The Morgan fingerprint density at radius 3 is 2.00 bits per heavy atom. The first kappa shape index (κ1) is 9.47. The van der Waals surface area contributed by atoms with Crippen LogP contribution in [0.25, 0.3) is 0 Å². The smallest absolute Gasteiger partial charge is 0.0319 e. The largest absolute Gasteiger partial charge is 0.314 e. The van der Waals surface area contributed by atoms with E-state index in [1.807, 2.05) is 0 Å². The number of nitrogens with one attached hydrogen (secondary N) is 2. The van der Waals surface area contributed by atoms with Gasteiger partial charge in [0, 0.05) is 25.2 Å². The Bertz CT molecular complexity index is 155. The van der Waals surface area contributed by atoms with E-state index < -0.39 is 0 Å². The summed E-state index contributed by atoms with van der Waals surface area (Å²) in [5.41, 5.74) is 0. The van der Waals surface area contributed by atoms with Gasteiger partial charge in [-0.3, -0.25) is 0 Å². The van der Waals surface area contributed by atoms with E-state index in [4.69, 9.17) is 0 Å². The predicted octanol–water partition coefficient (Wildman–Crippen LogP) is 1.37.